The van der Waals surface area contributed by atoms with Crippen LogP contribution in [-0.2, 0) is 19.4 Å². The zero-order valence-electron chi connectivity index (χ0n) is 14.2. The Hall–Kier alpha value is -2.03. The highest BCUT2D eigenvalue weighted by Crippen LogP contribution is 2.36. The van der Waals surface area contributed by atoms with E-state index >= 15 is 0 Å². The van der Waals surface area contributed by atoms with Crippen molar-refractivity contribution >= 4 is 27.4 Å². The summed E-state index contributed by atoms with van der Waals surface area (Å²) < 4.78 is 34.6. The Morgan fingerprint density at radius 2 is 2.08 bits per heavy atom. The zero-order chi connectivity index (χ0) is 19.0. The molecule has 0 aliphatic heterocycles. The first-order valence-corrected chi connectivity index (χ1v) is 9.27. The van der Waals surface area contributed by atoms with Crippen molar-refractivity contribution in [3.63, 3.8) is 0 Å². The van der Waals surface area contributed by atoms with Crippen LogP contribution in [0, 0.1) is 0 Å². The molecule has 1 aromatic rings. The van der Waals surface area contributed by atoms with E-state index in [9.17, 15) is 13.2 Å². The van der Waals surface area contributed by atoms with E-state index < -0.39 is 15.8 Å². The summed E-state index contributed by atoms with van der Waals surface area (Å²) in [7, 11) is -2.43. The number of ether oxygens (including phenoxy) is 2. The van der Waals surface area contributed by atoms with Crippen molar-refractivity contribution in [3.05, 3.63) is 47.3 Å². The van der Waals surface area contributed by atoms with Crippen molar-refractivity contribution in [2.45, 2.75) is 18.7 Å². The van der Waals surface area contributed by atoms with Gasteiger partial charge in [0, 0.05) is 0 Å². The Balaban J connectivity index is 3.30. The van der Waals surface area contributed by atoms with E-state index in [1.165, 1.54) is 32.4 Å². The smallest absolute Gasteiger partial charge is 0.339 e. The van der Waals surface area contributed by atoms with Gasteiger partial charge in [-0.15, -0.1) is 6.58 Å². The molecule has 0 saturated heterocycles. The molecule has 0 aliphatic carbocycles. The number of nitrogens with one attached hydrogen (secondary N) is 1. The number of halogens is 1. The minimum Gasteiger partial charge on any atom is -0.465 e. The van der Waals surface area contributed by atoms with Crippen LogP contribution in [0.3, 0.4) is 0 Å². The number of hydrogen-bond donors (Lipinski definition) is 1. The van der Waals surface area contributed by atoms with Gasteiger partial charge in [0.2, 0.25) is 0 Å². The Morgan fingerprint density at radius 3 is 2.64 bits per heavy atom. The van der Waals surface area contributed by atoms with E-state index in [4.69, 9.17) is 21.2 Å². The molecule has 1 N–H and O–H groups in total. The molecule has 0 unspecified atom stereocenters. The molecule has 1 rings (SSSR count). The largest absolute Gasteiger partial charge is 0.465 e. The molecule has 25 heavy (non-hydrogen) atoms. The van der Waals surface area contributed by atoms with E-state index in [1.54, 1.807) is 13.0 Å². The van der Waals surface area contributed by atoms with Crippen LogP contribution in [0.1, 0.15) is 24.2 Å². The number of hydroxylamine groups is 1. The maximum Gasteiger partial charge on any atom is 0.339 e. The van der Waals surface area contributed by atoms with E-state index in [-0.39, 0.29) is 33.6 Å². The van der Waals surface area contributed by atoms with Gasteiger partial charge in [-0.25, -0.2) is 13.2 Å². The number of benzene rings is 1. The van der Waals surface area contributed by atoms with Gasteiger partial charge in [0.1, 0.15) is 11.2 Å². The number of carbonyl (C=O) groups is 1. The molecule has 0 spiro atoms. The van der Waals surface area contributed by atoms with Crippen LogP contribution in [0.2, 0.25) is 5.02 Å². The van der Waals surface area contributed by atoms with Crippen molar-refractivity contribution in [3.8, 4) is 5.75 Å². The predicted octanol–water partition coefficient (Wildman–Crippen LogP) is 2.87. The number of sulfone groups is 1. The molecule has 0 radical (unpaired) electrons. The molecule has 0 fully saturated rings. The van der Waals surface area contributed by atoms with Crippen LogP contribution >= 0.6 is 11.6 Å². The molecule has 0 atom stereocenters. The van der Waals surface area contributed by atoms with Gasteiger partial charge in [-0.2, -0.15) is 0 Å². The number of allylic oxidation sites excluding steroid dienone is 1. The highest BCUT2D eigenvalue weighted by Gasteiger charge is 2.25. The maximum absolute atomic E-state index is 12.3. The summed E-state index contributed by atoms with van der Waals surface area (Å²) in [5.41, 5.74) is 3.02. The first-order chi connectivity index (χ1) is 11.8. The third-order valence-electron chi connectivity index (χ3n) is 2.97. The van der Waals surface area contributed by atoms with Crippen molar-refractivity contribution in [2.24, 2.45) is 0 Å². The molecular weight excluding hydrogens is 370 g/mol. The molecule has 0 aliphatic rings. The average molecular weight is 390 g/mol. The van der Waals surface area contributed by atoms with Crippen LogP contribution in [0.4, 0.5) is 0 Å². The first kappa shape index (κ1) is 21.0. The quantitative estimate of drug-likeness (QED) is 0.228. The fourth-order valence-electron chi connectivity index (χ4n) is 1.70. The summed E-state index contributed by atoms with van der Waals surface area (Å²) in [5.74, 6) is -1.01. The van der Waals surface area contributed by atoms with E-state index in [0.717, 1.165) is 0 Å². The van der Waals surface area contributed by atoms with Crippen LogP contribution in [0.5, 0.6) is 5.75 Å². The second kappa shape index (κ2) is 9.45. The third-order valence-corrected chi connectivity index (χ3v) is 5.10. The minimum atomic E-state index is -3.63. The number of hydrogen-bond acceptors (Lipinski definition) is 7. The van der Waals surface area contributed by atoms with Crippen LogP contribution in [0.25, 0.3) is 0 Å². The standard InChI is InChI=1S/C16H20ClNO6S/c1-5-9-24-18-11(3)10-23-15-13(25(20,21)6-2)8-7-12(14(15)17)16(19)22-4/h5,7-8,10,18H,1,6,9H2,2-4H3. The van der Waals surface area contributed by atoms with Gasteiger partial charge < -0.3 is 9.47 Å². The molecule has 9 heteroatoms. The van der Waals surface area contributed by atoms with Gasteiger partial charge in [-0.05, 0) is 19.1 Å². The lowest BCUT2D eigenvalue weighted by molar-refractivity contribution is 0.0600. The van der Waals surface area contributed by atoms with Gasteiger partial charge in [-0.3, -0.25) is 10.3 Å². The monoisotopic (exact) mass is 389 g/mol. The van der Waals surface area contributed by atoms with Gasteiger partial charge in [0.05, 0.1) is 35.8 Å². The third kappa shape index (κ3) is 5.48. The highest BCUT2D eigenvalue weighted by molar-refractivity contribution is 7.91. The average Bonchev–Trinajstić information content (AvgIpc) is 2.59. The molecule has 7 nitrogen and oxygen atoms in total. The number of rotatable bonds is 9. The lowest BCUT2D eigenvalue weighted by Gasteiger charge is -2.13. The van der Waals surface area contributed by atoms with Crippen molar-refractivity contribution in [2.75, 3.05) is 19.5 Å². The fourth-order valence-corrected chi connectivity index (χ4v) is 3.06. The van der Waals surface area contributed by atoms with Crippen molar-refractivity contribution in [1.29, 1.82) is 0 Å². The molecule has 138 valence electrons. The van der Waals surface area contributed by atoms with E-state index in [2.05, 4.69) is 16.8 Å². The molecule has 0 bridgehead atoms. The molecule has 1 aromatic carbocycles. The predicted molar refractivity (Wildman–Crippen MR) is 94.2 cm³/mol. The number of methoxy groups -OCH3 is 1. The maximum atomic E-state index is 12.3. The molecule has 0 aromatic heterocycles. The molecule has 0 saturated carbocycles. The fraction of sp³-hybridized carbons (Fsp3) is 0.312. The lowest BCUT2D eigenvalue weighted by atomic mass is 10.2. The SMILES string of the molecule is C=CCONC(C)=COc1c(S(=O)(=O)CC)ccc(C(=O)OC)c1Cl. The van der Waals surface area contributed by atoms with Gasteiger partial charge in [0.15, 0.2) is 15.6 Å². The minimum absolute atomic E-state index is 0.00357. The second-order valence-electron chi connectivity index (χ2n) is 4.77. The summed E-state index contributed by atoms with van der Waals surface area (Å²) in [5, 5.41) is -0.155. The van der Waals surface area contributed by atoms with Crippen molar-refractivity contribution < 1.29 is 27.5 Å². The molecule has 0 amide bonds. The van der Waals surface area contributed by atoms with Gasteiger partial charge >= 0.3 is 5.97 Å². The van der Waals surface area contributed by atoms with Crippen molar-refractivity contribution in [1.82, 2.24) is 5.48 Å². The Labute approximate surface area is 152 Å². The summed E-state index contributed by atoms with van der Waals surface area (Å²) in [6, 6.07) is 2.54. The highest BCUT2D eigenvalue weighted by atomic mass is 35.5. The van der Waals surface area contributed by atoms with Crippen LogP contribution < -0.4 is 10.2 Å². The van der Waals surface area contributed by atoms with E-state index in [1.807, 2.05) is 0 Å². The number of esters is 1. The van der Waals surface area contributed by atoms with Gasteiger partial charge in [0.25, 0.3) is 0 Å². The Bertz CT molecular complexity index is 773. The summed E-state index contributed by atoms with van der Waals surface area (Å²) in [6.45, 7) is 6.89. The Morgan fingerprint density at radius 1 is 1.40 bits per heavy atom. The molecule has 0 heterocycles. The summed E-state index contributed by atoms with van der Waals surface area (Å²) in [6.07, 6.45) is 2.77. The van der Waals surface area contributed by atoms with Crippen LogP contribution in [-0.4, -0.2) is 33.9 Å². The summed E-state index contributed by atoms with van der Waals surface area (Å²) >= 11 is 6.18. The van der Waals surface area contributed by atoms with Crippen LogP contribution in [0.15, 0.2) is 41.6 Å². The lowest BCUT2D eigenvalue weighted by Crippen LogP contribution is -2.13. The second-order valence-corrected chi connectivity index (χ2v) is 7.39. The number of carbonyl (C=O) groups excluding carboxylic acids is 1. The normalized spacial score (nSPS) is 11.8. The Kier molecular flexibility index (Phi) is 7.95. The van der Waals surface area contributed by atoms with Gasteiger partial charge in [-0.1, -0.05) is 24.6 Å². The summed E-state index contributed by atoms with van der Waals surface area (Å²) in [4.78, 5) is 16.7. The van der Waals surface area contributed by atoms with E-state index in [0.29, 0.717) is 5.70 Å². The zero-order valence-corrected chi connectivity index (χ0v) is 15.7. The topological polar surface area (TPSA) is 90.9 Å². The molecular formula is C16H20ClNO6S. The first-order valence-electron chi connectivity index (χ1n) is 7.24.